The number of nitrogens with one attached hydrogen (secondary N) is 3. The molecule has 0 aliphatic carbocycles. The van der Waals surface area contributed by atoms with Gasteiger partial charge in [0.1, 0.15) is 0 Å². The lowest BCUT2D eigenvalue weighted by atomic mass is 9.93. The zero-order chi connectivity index (χ0) is 19.1. The average molecular weight is 393 g/mol. The third kappa shape index (κ3) is 7.88. The third-order valence-corrected chi connectivity index (χ3v) is 4.17. The summed E-state index contributed by atoms with van der Waals surface area (Å²) in [6, 6.07) is -1.73. The van der Waals surface area contributed by atoms with Crippen LogP contribution < -0.4 is 21.7 Å². The molecule has 0 radical (unpaired) electrons. The number of amides is 3. The van der Waals surface area contributed by atoms with Crippen molar-refractivity contribution in [3.63, 3.8) is 0 Å². The zero-order valence-electron chi connectivity index (χ0n) is 16.0. The second kappa shape index (κ2) is 11.4. The molecule has 26 heavy (non-hydrogen) atoms. The van der Waals surface area contributed by atoms with Crippen molar-refractivity contribution in [3.05, 3.63) is 0 Å². The molecule has 1 saturated heterocycles. The molecule has 1 heterocycles. The highest BCUT2D eigenvalue weighted by molar-refractivity contribution is 5.86. The van der Waals surface area contributed by atoms with E-state index in [2.05, 4.69) is 16.0 Å². The molecule has 1 fully saturated rings. The molecule has 0 saturated carbocycles. The second-order valence-corrected chi connectivity index (χ2v) is 7.47. The Kier molecular flexibility index (Phi) is 10.8. The van der Waals surface area contributed by atoms with Crippen LogP contribution in [0.3, 0.4) is 0 Å². The van der Waals surface area contributed by atoms with Crippen molar-refractivity contribution in [2.45, 2.75) is 71.2 Å². The molecule has 152 valence electrons. The number of halogens is 1. The average Bonchev–Trinajstić information content (AvgIpc) is 2.89. The van der Waals surface area contributed by atoms with Crippen LogP contribution in [0.5, 0.6) is 0 Å². The molecule has 0 aromatic rings. The maximum absolute atomic E-state index is 12.3. The molecular formula is C17H33ClN4O4. The minimum Gasteiger partial charge on any atom is -0.381 e. The number of rotatable bonds is 9. The number of nitrogens with two attached hydrogens (primary N) is 1. The van der Waals surface area contributed by atoms with E-state index in [1.807, 2.05) is 13.8 Å². The van der Waals surface area contributed by atoms with Gasteiger partial charge in [0.05, 0.1) is 12.1 Å². The topological polar surface area (TPSA) is 134 Å². The van der Waals surface area contributed by atoms with Gasteiger partial charge in [0.15, 0.2) is 6.10 Å². The van der Waals surface area contributed by atoms with E-state index in [4.69, 9.17) is 5.73 Å². The molecule has 1 aliphatic rings. The van der Waals surface area contributed by atoms with Crippen LogP contribution in [-0.4, -0.2) is 53.6 Å². The van der Waals surface area contributed by atoms with E-state index in [-0.39, 0.29) is 42.6 Å². The van der Waals surface area contributed by atoms with Gasteiger partial charge in [0.25, 0.3) is 5.91 Å². The van der Waals surface area contributed by atoms with Gasteiger partial charge in [-0.1, -0.05) is 13.8 Å². The van der Waals surface area contributed by atoms with Crippen LogP contribution in [0.4, 0.5) is 0 Å². The highest BCUT2D eigenvalue weighted by Gasteiger charge is 2.35. The van der Waals surface area contributed by atoms with Crippen molar-refractivity contribution in [2.24, 2.45) is 17.6 Å². The summed E-state index contributed by atoms with van der Waals surface area (Å²) < 4.78 is 0. The van der Waals surface area contributed by atoms with Gasteiger partial charge in [-0.15, -0.1) is 12.4 Å². The van der Waals surface area contributed by atoms with Crippen LogP contribution in [0.1, 0.15) is 47.0 Å². The Labute approximate surface area is 161 Å². The van der Waals surface area contributed by atoms with Gasteiger partial charge < -0.3 is 26.8 Å². The molecule has 3 amide bonds. The van der Waals surface area contributed by atoms with Gasteiger partial charge in [-0.25, -0.2) is 0 Å². The number of hydrogen-bond donors (Lipinski definition) is 5. The van der Waals surface area contributed by atoms with Crippen LogP contribution in [0, 0.1) is 11.8 Å². The smallest absolute Gasteiger partial charge is 0.251 e. The molecule has 0 aromatic carbocycles. The molecule has 0 aromatic heterocycles. The largest absolute Gasteiger partial charge is 0.381 e. The second-order valence-electron chi connectivity index (χ2n) is 7.47. The fourth-order valence-electron chi connectivity index (χ4n) is 2.90. The zero-order valence-corrected chi connectivity index (χ0v) is 16.8. The standard InChI is InChI=1S/C17H32N4O4.ClH/c1-9(2)7-12(18)16(24)21-13(8-11-5-6-19-15(11)23)14(22)17(25)20-10(3)4;/h9-14,22H,5-8,18H2,1-4H3,(H,19,23)(H,20,25)(H,21,24);1H/t11-,12?,13?,14?;/m0./s1. The summed E-state index contributed by atoms with van der Waals surface area (Å²) in [5.74, 6) is -1.21. The number of aliphatic hydroxyl groups is 1. The minimum atomic E-state index is -1.44. The van der Waals surface area contributed by atoms with E-state index in [0.717, 1.165) is 0 Å². The fourth-order valence-corrected chi connectivity index (χ4v) is 2.90. The lowest BCUT2D eigenvalue weighted by Gasteiger charge is -2.27. The summed E-state index contributed by atoms with van der Waals surface area (Å²) in [5, 5.41) is 18.4. The van der Waals surface area contributed by atoms with Gasteiger partial charge >= 0.3 is 0 Å². The first-order valence-electron chi connectivity index (χ1n) is 8.93. The van der Waals surface area contributed by atoms with Crippen molar-refractivity contribution in [1.82, 2.24) is 16.0 Å². The lowest BCUT2D eigenvalue weighted by molar-refractivity contribution is -0.134. The molecule has 0 spiro atoms. The van der Waals surface area contributed by atoms with Crippen LogP contribution in [0.25, 0.3) is 0 Å². The van der Waals surface area contributed by atoms with Crippen LogP contribution >= 0.6 is 12.4 Å². The Hall–Kier alpha value is -1.38. The number of aliphatic hydroxyl groups excluding tert-OH is 1. The van der Waals surface area contributed by atoms with E-state index < -0.39 is 30.0 Å². The van der Waals surface area contributed by atoms with E-state index in [1.165, 1.54) is 0 Å². The first-order valence-corrected chi connectivity index (χ1v) is 8.93. The summed E-state index contributed by atoms with van der Waals surface area (Å²) in [6.07, 6.45) is -0.136. The van der Waals surface area contributed by atoms with E-state index >= 15 is 0 Å². The van der Waals surface area contributed by atoms with Crippen molar-refractivity contribution >= 4 is 30.1 Å². The molecule has 1 rings (SSSR count). The Morgan fingerprint density at radius 1 is 1.23 bits per heavy atom. The van der Waals surface area contributed by atoms with Crippen molar-refractivity contribution in [3.8, 4) is 0 Å². The fraction of sp³-hybridized carbons (Fsp3) is 0.824. The highest BCUT2D eigenvalue weighted by Crippen LogP contribution is 2.18. The summed E-state index contributed by atoms with van der Waals surface area (Å²) in [5.41, 5.74) is 5.89. The maximum atomic E-state index is 12.3. The van der Waals surface area contributed by atoms with Crippen LogP contribution in [0.15, 0.2) is 0 Å². The van der Waals surface area contributed by atoms with Gasteiger partial charge in [0, 0.05) is 18.5 Å². The summed E-state index contributed by atoms with van der Waals surface area (Å²) in [7, 11) is 0. The van der Waals surface area contributed by atoms with Gasteiger partial charge in [-0.2, -0.15) is 0 Å². The van der Waals surface area contributed by atoms with Gasteiger partial charge in [0.2, 0.25) is 11.8 Å². The normalized spacial score (nSPS) is 20.2. The van der Waals surface area contributed by atoms with E-state index in [0.29, 0.717) is 19.4 Å². The quantitative estimate of drug-likeness (QED) is 0.366. The summed E-state index contributed by atoms with van der Waals surface area (Å²) >= 11 is 0. The minimum absolute atomic E-state index is 0. The third-order valence-electron chi connectivity index (χ3n) is 4.17. The first-order chi connectivity index (χ1) is 11.6. The molecule has 9 heteroatoms. The van der Waals surface area contributed by atoms with E-state index in [1.54, 1.807) is 13.8 Å². The molecular weight excluding hydrogens is 360 g/mol. The number of carbonyl (C=O) groups excluding carboxylic acids is 3. The Bertz CT molecular complexity index is 487. The molecule has 3 unspecified atom stereocenters. The SMILES string of the molecule is CC(C)CC(N)C(=O)NC(C[C@@H]1CCNC1=O)C(O)C(=O)NC(C)C.Cl. The van der Waals surface area contributed by atoms with Gasteiger partial charge in [-0.3, -0.25) is 14.4 Å². The summed E-state index contributed by atoms with van der Waals surface area (Å²) in [4.78, 5) is 36.3. The summed E-state index contributed by atoms with van der Waals surface area (Å²) in [6.45, 7) is 8.03. The van der Waals surface area contributed by atoms with Crippen molar-refractivity contribution in [2.75, 3.05) is 6.54 Å². The highest BCUT2D eigenvalue weighted by atomic mass is 35.5. The Morgan fingerprint density at radius 3 is 2.31 bits per heavy atom. The predicted molar refractivity (Wildman–Crippen MR) is 102 cm³/mol. The van der Waals surface area contributed by atoms with Crippen LogP contribution in [0.2, 0.25) is 0 Å². The Balaban J connectivity index is 0.00000625. The predicted octanol–water partition coefficient (Wildman–Crippen LogP) is -0.322. The molecule has 6 N–H and O–H groups in total. The number of carbonyl (C=O) groups is 3. The van der Waals surface area contributed by atoms with Crippen LogP contribution in [-0.2, 0) is 14.4 Å². The lowest BCUT2D eigenvalue weighted by Crippen LogP contribution is -2.55. The number of hydrogen-bond acceptors (Lipinski definition) is 5. The first kappa shape index (κ1) is 24.6. The molecule has 1 aliphatic heterocycles. The molecule has 0 bridgehead atoms. The molecule has 8 nitrogen and oxygen atoms in total. The van der Waals surface area contributed by atoms with Crippen molar-refractivity contribution in [1.29, 1.82) is 0 Å². The Morgan fingerprint density at radius 2 is 1.85 bits per heavy atom. The molecule has 4 atom stereocenters. The van der Waals surface area contributed by atoms with Gasteiger partial charge in [-0.05, 0) is 39.0 Å². The van der Waals surface area contributed by atoms with Crippen molar-refractivity contribution < 1.29 is 19.5 Å². The maximum Gasteiger partial charge on any atom is 0.251 e. The monoisotopic (exact) mass is 392 g/mol. The van der Waals surface area contributed by atoms with E-state index in [9.17, 15) is 19.5 Å².